The molecule has 3 N–H and O–H groups in total. The van der Waals surface area contributed by atoms with Crippen LogP contribution in [0.2, 0.25) is 0 Å². The highest BCUT2D eigenvalue weighted by Crippen LogP contribution is 2.26. The minimum Gasteiger partial charge on any atom is -0.491 e. The third-order valence-electron chi connectivity index (χ3n) is 2.67. The molecule has 0 saturated heterocycles. The molecule has 0 spiro atoms. The van der Waals surface area contributed by atoms with Crippen LogP contribution in [0.1, 0.15) is 13.8 Å². The van der Waals surface area contributed by atoms with E-state index < -0.39 is 4.92 Å². The third kappa shape index (κ3) is 4.10. The lowest BCUT2D eigenvalue weighted by Crippen LogP contribution is -2.05. The number of anilines is 3. The summed E-state index contributed by atoms with van der Waals surface area (Å²) in [7, 11) is 0. The third-order valence-corrected chi connectivity index (χ3v) is 2.67. The van der Waals surface area contributed by atoms with Gasteiger partial charge in [-0.1, -0.05) is 0 Å². The van der Waals surface area contributed by atoms with E-state index in [0.29, 0.717) is 11.4 Å². The maximum absolute atomic E-state index is 10.8. The van der Waals surface area contributed by atoms with Crippen molar-refractivity contribution in [1.82, 2.24) is 0 Å². The first-order valence-corrected chi connectivity index (χ1v) is 6.53. The van der Waals surface area contributed by atoms with Crippen LogP contribution in [-0.2, 0) is 0 Å². The first-order chi connectivity index (χ1) is 9.94. The van der Waals surface area contributed by atoms with Gasteiger partial charge < -0.3 is 15.8 Å². The van der Waals surface area contributed by atoms with E-state index >= 15 is 0 Å². The minimum absolute atomic E-state index is 0.0442. The summed E-state index contributed by atoms with van der Waals surface area (Å²) in [6.07, 6.45) is 0.111. The van der Waals surface area contributed by atoms with Gasteiger partial charge in [0.05, 0.1) is 11.0 Å². The van der Waals surface area contributed by atoms with Crippen LogP contribution in [0, 0.1) is 10.1 Å². The van der Waals surface area contributed by atoms with Crippen LogP contribution >= 0.6 is 0 Å². The lowest BCUT2D eigenvalue weighted by atomic mass is 10.2. The number of nitro groups is 1. The fraction of sp³-hybridized carbons (Fsp3) is 0.200. The number of nitrogen functional groups attached to an aromatic ring is 1. The van der Waals surface area contributed by atoms with Crippen molar-refractivity contribution in [3.05, 3.63) is 52.6 Å². The van der Waals surface area contributed by atoms with E-state index in [1.54, 1.807) is 6.07 Å². The molecular weight excluding hydrogens is 270 g/mol. The minimum atomic E-state index is -0.471. The fourth-order valence-electron chi connectivity index (χ4n) is 1.87. The second kappa shape index (κ2) is 6.13. The highest BCUT2D eigenvalue weighted by Gasteiger charge is 2.08. The quantitative estimate of drug-likeness (QED) is 0.497. The van der Waals surface area contributed by atoms with Crippen molar-refractivity contribution in [2.24, 2.45) is 0 Å². The van der Waals surface area contributed by atoms with E-state index in [1.165, 1.54) is 12.1 Å². The molecule has 21 heavy (non-hydrogen) atoms. The molecule has 2 aromatic carbocycles. The zero-order valence-corrected chi connectivity index (χ0v) is 11.9. The molecule has 6 heteroatoms. The Kier molecular flexibility index (Phi) is 4.27. The number of benzene rings is 2. The van der Waals surface area contributed by atoms with Gasteiger partial charge in [-0.3, -0.25) is 10.1 Å². The fourth-order valence-corrected chi connectivity index (χ4v) is 1.87. The van der Waals surface area contributed by atoms with E-state index in [2.05, 4.69) is 5.32 Å². The molecule has 110 valence electrons. The number of nitrogens with one attached hydrogen (secondary N) is 1. The van der Waals surface area contributed by atoms with Gasteiger partial charge in [0.25, 0.3) is 5.69 Å². The molecule has 0 bridgehead atoms. The molecule has 0 atom stereocenters. The van der Waals surface area contributed by atoms with Crippen molar-refractivity contribution in [3.63, 3.8) is 0 Å². The summed E-state index contributed by atoms with van der Waals surface area (Å²) in [4.78, 5) is 10.3. The number of nitrogens with zero attached hydrogens (tertiary/aromatic N) is 1. The van der Waals surface area contributed by atoms with Gasteiger partial charge in [-0.05, 0) is 44.2 Å². The van der Waals surface area contributed by atoms with Crippen molar-refractivity contribution < 1.29 is 9.66 Å². The number of hydrogen-bond donors (Lipinski definition) is 2. The number of nitrogens with two attached hydrogens (primary N) is 1. The molecule has 0 heterocycles. The van der Waals surface area contributed by atoms with Gasteiger partial charge in [-0.2, -0.15) is 0 Å². The van der Waals surface area contributed by atoms with Gasteiger partial charge in [0.1, 0.15) is 5.75 Å². The standard InChI is InChI=1S/C15H17N3O3/c1-10(2)21-15-5-3-12(4-6-15)17-13-7-11(16)8-14(9-13)18(19)20/h3-10,17H,16H2,1-2H3. The molecule has 0 aliphatic rings. The SMILES string of the molecule is CC(C)Oc1ccc(Nc2cc(N)cc([N+](=O)[O-])c2)cc1. The van der Waals surface area contributed by atoms with Crippen molar-refractivity contribution >= 4 is 22.7 Å². The summed E-state index contributed by atoms with van der Waals surface area (Å²) in [5.74, 6) is 0.772. The van der Waals surface area contributed by atoms with Crippen LogP contribution in [0.3, 0.4) is 0 Å². The Hall–Kier alpha value is -2.76. The van der Waals surface area contributed by atoms with Gasteiger partial charge in [0.15, 0.2) is 0 Å². The first-order valence-electron chi connectivity index (χ1n) is 6.53. The van der Waals surface area contributed by atoms with E-state index in [-0.39, 0.29) is 11.8 Å². The van der Waals surface area contributed by atoms with Crippen molar-refractivity contribution in [3.8, 4) is 5.75 Å². The maximum atomic E-state index is 10.8. The van der Waals surface area contributed by atoms with Crippen LogP contribution in [0.25, 0.3) is 0 Å². The summed E-state index contributed by atoms with van der Waals surface area (Å²) in [5, 5.41) is 13.9. The summed E-state index contributed by atoms with van der Waals surface area (Å²) in [6, 6.07) is 11.8. The molecule has 0 aromatic heterocycles. The molecule has 0 radical (unpaired) electrons. The predicted molar refractivity (Wildman–Crippen MR) is 83.0 cm³/mol. The van der Waals surface area contributed by atoms with Crippen LogP contribution in [0.4, 0.5) is 22.7 Å². The first kappa shape index (κ1) is 14.6. The maximum Gasteiger partial charge on any atom is 0.273 e. The van der Waals surface area contributed by atoms with Gasteiger partial charge in [-0.15, -0.1) is 0 Å². The summed E-state index contributed by atoms with van der Waals surface area (Å²) < 4.78 is 5.55. The average molecular weight is 287 g/mol. The Morgan fingerprint density at radius 3 is 2.38 bits per heavy atom. The largest absolute Gasteiger partial charge is 0.491 e. The number of rotatable bonds is 5. The van der Waals surface area contributed by atoms with Crippen molar-refractivity contribution in [2.75, 3.05) is 11.1 Å². The molecule has 0 aliphatic carbocycles. The summed E-state index contributed by atoms with van der Waals surface area (Å²) >= 11 is 0. The Morgan fingerprint density at radius 1 is 1.14 bits per heavy atom. The smallest absolute Gasteiger partial charge is 0.273 e. The number of nitro benzene ring substituents is 1. The van der Waals surface area contributed by atoms with Gasteiger partial charge in [-0.25, -0.2) is 0 Å². The van der Waals surface area contributed by atoms with E-state index in [9.17, 15) is 10.1 Å². The van der Waals surface area contributed by atoms with Crippen LogP contribution in [0.15, 0.2) is 42.5 Å². The van der Waals surface area contributed by atoms with Crippen LogP contribution in [-0.4, -0.2) is 11.0 Å². The van der Waals surface area contributed by atoms with E-state index in [1.807, 2.05) is 38.1 Å². The second-order valence-corrected chi connectivity index (χ2v) is 4.89. The van der Waals surface area contributed by atoms with Crippen molar-refractivity contribution in [2.45, 2.75) is 20.0 Å². The van der Waals surface area contributed by atoms with Crippen molar-refractivity contribution in [1.29, 1.82) is 0 Å². The Labute approximate surface area is 122 Å². The number of ether oxygens (including phenoxy) is 1. The van der Waals surface area contributed by atoms with Crippen LogP contribution in [0.5, 0.6) is 5.75 Å². The van der Waals surface area contributed by atoms with Gasteiger partial charge in [0.2, 0.25) is 0 Å². The topological polar surface area (TPSA) is 90.4 Å². The zero-order chi connectivity index (χ0) is 15.4. The average Bonchev–Trinajstić information content (AvgIpc) is 2.39. The van der Waals surface area contributed by atoms with Crippen LogP contribution < -0.4 is 15.8 Å². The molecule has 2 aromatic rings. The highest BCUT2D eigenvalue weighted by molar-refractivity contribution is 5.67. The normalized spacial score (nSPS) is 10.4. The molecule has 0 saturated carbocycles. The Balaban J connectivity index is 2.16. The monoisotopic (exact) mass is 287 g/mol. The lowest BCUT2D eigenvalue weighted by Gasteiger charge is -2.11. The Bertz CT molecular complexity index is 639. The van der Waals surface area contributed by atoms with Gasteiger partial charge in [0, 0.05) is 29.2 Å². The molecule has 0 amide bonds. The molecule has 0 aliphatic heterocycles. The summed E-state index contributed by atoms with van der Waals surface area (Å²) in [5.41, 5.74) is 7.33. The predicted octanol–water partition coefficient (Wildman–Crippen LogP) is 3.71. The molecule has 0 fully saturated rings. The summed E-state index contributed by atoms with van der Waals surface area (Å²) in [6.45, 7) is 3.91. The Morgan fingerprint density at radius 2 is 1.81 bits per heavy atom. The van der Waals surface area contributed by atoms with Gasteiger partial charge >= 0.3 is 0 Å². The molecule has 6 nitrogen and oxygen atoms in total. The lowest BCUT2D eigenvalue weighted by molar-refractivity contribution is -0.384. The molecule has 0 unspecified atom stereocenters. The van der Waals surface area contributed by atoms with E-state index in [0.717, 1.165) is 11.4 Å². The molecule has 2 rings (SSSR count). The number of non-ortho nitro benzene ring substituents is 1. The van der Waals surface area contributed by atoms with E-state index in [4.69, 9.17) is 10.5 Å². The second-order valence-electron chi connectivity index (χ2n) is 4.89. The highest BCUT2D eigenvalue weighted by atomic mass is 16.6. The zero-order valence-electron chi connectivity index (χ0n) is 11.9. The molecular formula is C15H17N3O3. The number of hydrogen-bond acceptors (Lipinski definition) is 5.